The molecule has 0 N–H and O–H groups in total. The van der Waals surface area contributed by atoms with Crippen molar-refractivity contribution in [3.05, 3.63) is 95.8 Å². The zero-order valence-electron chi connectivity index (χ0n) is 20.7. The first kappa shape index (κ1) is 27.4. The molecule has 1 saturated heterocycles. The summed E-state index contributed by atoms with van der Waals surface area (Å²) in [5.41, 5.74) is 1.10. The second-order valence-corrected chi connectivity index (χ2v) is 12.8. The molecular formula is C27H31FN2O5S2. The minimum atomic E-state index is -4.06. The monoisotopic (exact) mass is 546 g/mol. The predicted molar refractivity (Wildman–Crippen MR) is 139 cm³/mol. The van der Waals surface area contributed by atoms with Crippen LogP contribution in [-0.4, -0.2) is 51.2 Å². The van der Waals surface area contributed by atoms with E-state index in [4.69, 9.17) is 4.74 Å². The van der Waals surface area contributed by atoms with Crippen LogP contribution in [0.25, 0.3) is 0 Å². The molecule has 0 radical (unpaired) electrons. The Hall–Kier alpha value is -2.63. The lowest BCUT2D eigenvalue weighted by Gasteiger charge is -2.25. The van der Waals surface area contributed by atoms with E-state index in [2.05, 4.69) is 0 Å². The molecule has 0 aliphatic carbocycles. The molecule has 1 atom stereocenters. The Bertz CT molecular complexity index is 1390. The van der Waals surface area contributed by atoms with Gasteiger partial charge < -0.3 is 4.74 Å². The summed E-state index contributed by atoms with van der Waals surface area (Å²) in [5, 5.41) is 0. The van der Waals surface area contributed by atoms with Gasteiger partial charge in [-0.2, -0.15) is 8.61 Å². The fraction of sp³-hybridized carbons (Fsp3) is 0.333. The highest BCUT2D eigenvalue weighted by Gasteiger charge is 2.31. The first-order valence-corrected chi connectivity index (χ1v) is 15.1. The highest BCUT2D eigenvalue weighted by molar-refractivity contribution is 7.89. The van der Waals surface area contributed by atoms with Gasteiger partial charge in [-0.05, 0) is 48.7 Å². The summed E-state index contributed by atoms with van der Waals surface area (Å²) >= 11 is 0. The van der Waals surface area contributed by atoms with Crippen molar-refractivity contribution < 1.29 is 26.0 Å². The van der Waals surface area contributed by atoms with Crippen LogP contribution in [0.4, 0.5) is 4.39 Å². The number of sulfonamides is 2. The second kappa shape index (κ2) is 11.8. The van der Waals surface area contributed by atoms with Gasteiger partial charge in [-0.25, -0.2) is 21.2 Å². The van der Waals surface area contributed by atoms with Crippen LogP contribution in [-0.2, 0) is 37.9 Å². The van der Waals surface area contributed by atoms with E-state index >= 15 is 0 Å². The average Bonchev–Trinajstić information content (AvgIpc) is 3.42. The van der Waals surface area contributed by atoms with E-state index in [9.17, 15) is 21.2 Å². The molecule has 0 spiro atoms. The maximum Gasteiger partial charge on any atom is 0.243 e. The number of hydrogen-bond acceptors (Lipinski definition) is 5. The van der Waals surface area contributed by atoms with Crippen LogP contribution in [0.5, 0.6) is 0 Å². The molecule has 1 aliphatic heterocycles. The van der Waals surface area contributed by atoms with Crippen molar-refractivity contribution in [1.82, 2.24) is 8.61 Å². The minimum absolute atomic E-state index is 0.00371. The minimum Gasteiger partial charge on any atom is -0.377 e. The van der Waals surface area contributed by atoms with E-state index in [0.29, 0.717) is 6.61 Å². The molecule has 0 saturated carbocycles. The van der Waals surface area contributed by atoms with E-state index in [1.165, 1.54) is 38.9 Å². The van der Waals surface area contributed by atoms with E-state index in [-0.39, 0.29) is 47.6 Å². The Morgan fingerprint density at radius 3 is 1.97 bits per heavy atom. The summed E-state index contributed by atoms with van der Waals surface area (Å²) in [4.78, 5) is -0.0593. The van der Waals surface area contributed by atoms with E-state index in [1.807, 2.05) is 30.3 Å². The zero-order chi connectivity index (χ0) is 26.5. The summed E-state index contributed by atoms with van der Waals surface area (Å²) in [5.74, 6) is -0.491. The van der Waals surface area contributed by atoms with Crippen molar-refractivity contribution in [1.29, 1.82) is 0 Å². The number of benzene rings is 3. The molecule has 3 aromatic rings. The van der Waals surface area contributed by atoms with Crippen LogP contribution in [0.15, 0.2) is 88.7 Å². The van der Waals surface area contributed by atoms with Crippen molar-refractivity contribution in [3.63, 3.8) is 0 Å². The lowest BCUT2D eigenvalue weighted by molar-refractivity contribution is 0.0924. The molecule has 0 unspecified atom stereocenters. The van der Waals surface area contributed by atoms with Crippen molar-refractivity contribution in [2.75, 3.05) is 19.7 Å². The summed E-state index contributed by atoms with van der Waals surface area (Å²) < 4.78 is 76.4. The lowest BCUT2D eigenvalue weighted by Crippen LogP contribution is -2.37. The molecule has 10 heteroatoms. The number of ether oxygens (including phenoxy) is 1. The van der Waals surface area contributed by atoms with Gasteiger partial charge in [0.25, 0.3) is 0 Å². The third-order valence-electron chi connectivity index (χ3n) is 6.39. The van der Waals surface area contributed by atoms with Gasteiger partial charge in [0.2, 0.25) is 20.0 Å². The number of nitrogens with zero attached hydrogens (tertiary/aromatic N) is 2. The predicted octanol–water partition coefficient (Wildman–Crippen LogP) is 4.41. The molecule has 1 aliphatic rings. The van der Waals surface area contributed by atoms with Crippen LogP contribution < -0.4 is 0 Å². The van der Waals surface area contributed by atoms with Crippen LogP contribution in [0.2, 0.25) is 0 Å². The Morgan fingerprint density at radius 1 is 0.811 bits per heavy atom. The molecule has 1 fully saturated rings. The molecule has 4 rings (SSSR count). The lowest BCUT2D eigenvalue weighted by atomic mass is 10.2. The van der Waals surface area contributed by atoms with E-state index < -0.39 is 25.9 Å². The van der Waals surface area contributed by atoms with Gasteiger partial charge in [0, 0.05) is 38.3 Å². The Morgan fingerprint density at radius 2 is 1.41 bits per heavy atom. The molecule has 0 bridgehead atoms. The van der Waals surface area contributed by atoms with Crippen molar-refractivity contribution in [3.8, 4) is 0 Å². The van der Waals surface area contributed by atoms with Gasteiger partial charge in [0.1, 0.15) is 5.82 Å². The highest BCUT2D eigenvalue weighted by Crippen LogP contribution is 2.25. The summed E-state index contributed by atoms with van der Waals surface area (Å²) in [6.45, 7) is 2.70. The van der Waals surface area contributed by atoms with Gasteiger partial charge in [-0.3, -0.25) is 0 Å². The van der Waals surface area contributed by atoms with Crippen LogP contribution in [0.3, 0.4) is 0 Å². The first-order chi connectivity index (χ1) is 17.7. The van der Waals surface area contributed by atoms with Crippen LogP contribution in [0.1, 0.15) is 30.9 Å². The highest BCUT2D eigenvalue weighted by atomic mass is 32.2. The molecule has 198 valence electrons. The molecule has 1 heterocycles. The molecule has 37 heavy (non-hydrogen) atoms. The fourth-order valence-electron chi connectivity index (χ4n) is 4.32. The topological polar surface area (TPSA) is 84.0 Å². The Kier molecular flexibility index (Phi) is 8.76. The average molecular weight is 547 g/mol. The summed E-state index contributed by atoms with van der Waals surface area (Å²) in [7, 11) is -7.91. The molecule has 3 aromatic carbocycles. The largest absolute Gasteiger partial charge is 0.377 e. The fourth-order valence-corrected chi connectivity index (χ4v) is 7.20. The van der Waals surface area contributed by atoms with Crippen molar-refractivity contribution in [2.45, 2.75) is 48.7 Å². The van der Waals surface area contributed by atoms with Gasteiger partial charge in [-0.1, -0.05) is 55.5 Å². The standard InChI is InChI=1S/C27H31FN2O5S2/c1-2-29(19-22-9-4-3-5-10-22)36(31,32)25-14-16-26(17-15-25)37(33,34)30(21-24-12-8-18-35-24)20-23-11-6-7-13-27(23)28/h3-7,9-11,13-17,24H,2,8,12,18-21H2,1H3/t24-/m1/s1. The van der Waals surface area contributed by atoms with Gasteiger partial charge in [0.15, 0.2) is 0 Å². The van der Waals surface area contributed by atoms with E-state index in [1.54, 1.807) is 25.1 Å². The third kappa shape index (κ3) is 6.45. The Labute approximate surface area is 218 Å². The zero-order valence-corrected chi connectivity index (χ0v) is 22.3. The quantitative estimate of drug-likeness (QED) is 0.356. The molecule has 7 nitrogen and oxygen atoms in total. The number of rotatable bonds is 11. The molecule has 0 amide bonds. The number of hydrogen-bond donors (Lipinski definition) is 0. The first-order valence-electron chi connectivity index (χ1n) is 12.2. The molecular weight excluding hydrogens is 515 g/mol. The summed E-state index contributed by atoms with van der Waals surface area (Å²) in [6.07, 6.45) is 1.27. The van der Waals surface area contributed by atoms with E-state index in [0.717, 1.165) is 18.4 Å². The maximum absolute atomic E-state index is 14.4. The number of halogens is 1. The van der Waals surface area contributed by atoms with Crippen LogP contribution in [0, 0.1) is 5.82 Å². The van der Waals surface area contributed by atoms with Crippen molar-refractivity contribution in [2.24, 2.45) is 0 Å². The second-order valence-electron chi connectivity index (χ2n) is 8.91. The van der Waals surface area contributed by atoms with Gasteiger partial charge >= 0.3 is 0 Å². The third-order valence-corrected chi connectivity index (χ3v) is 10.2. The smallest absolute Gasteiger partial charge is 0.243 e. The maximum atomic E-state index is 14.4. The SMILES string of the molecule is CCN(Cc1ccccc1)S(=O)(=O)c1ccc(S(=O)(=O)N(Cc2ccccc2F)C[C@H]2CCCO2)cc1. The Balaban J connectivity index is 1.59. The summed E-state index contributed by atoms with van der Waals surface area (Å²) in [6, 6.07) is 20.5. The van der Waals surface area contributed by atoms with Crippen molar-refractivity contribution >= 4 is 20.0 Å². The normalized spacial score (nSPS) is 16.5. The molecule has 0 aromatic heterocycles. The van der Waals surface area contributed by atoms with Gasteiger partial charge in [-0.15, -0.1) is 0 Å². The van der Waals surface area contributed by atoms with Crippen LogP contribution >= 0.6 is 0 Å². The van der Waals surface area contributed by atoms with Gasteiger partial charge in [0.05, 0.1) is 15.9 Å².